The van der Waals surface area contributed by atoms with Gasteiger partial charge in [-0.15, -0.1) is 0 Å². The second kappa shape index (κ2) is 7.46. The topological polar surface area (TPSA) is 6.48 Å². The molecule has 2 heteroatoms. The number of hydrogen-bond acceptors (Lipinski definition) is 2. The van der Waals surface area contributed by atoms with E-state index in [9.17, 15) is 0 Å². The van der Waals surface area contributed by atoms with Crippen molar-refractivity contribution >= 4 is 5.69 Å². The number of benzene rings is 2. The van der Waals surface area contributed by atoms with E-state index in [-0.39, 0.29) is 0 Å². The number of anilines is 1. The fourth-order valence-corrected chi connectivity index (χ4v) is 3.28. The lowest BCUT2D eigenvalue weighted by Crippen LogP contribution is -2.46. The summed E-state index contributed by atoms with van der Waals surface area (Å²) < 4.78 is 0. The van der Waals surface area contributed by atoms with E-state index in [1.807, 2.05) is 0 Å². The van der Waals surface area contributed by atoms with Gasteiger partial charge >= 0.3 is 0 Å². The molecule has 1 fully saturated rings. The van der Waals surface area contributed by atoms with Crippen LogP contribution in [0.15, 0.2) is 54.6 Å². The molecule has 1 aliphatic heterocycles. The zero-order valence-electron chi connectivity index (χ0n) is 13.5. The van der Waals surface area contributed by atoms with Gasteiger partial charge in [-0.05, 0) is 43.5 Å². The van der Waals surface area contributed by atoms with Crippen LogP contribution < -0.4 is 4.90 Å². The van der Waals surface area contributed by atoms with E-state index in [1.165, 1.54) is 49.3 Å². The van der Waals surface area contributed by atoms with Crippen LogP contribution in [0.25, 0.3) is 0 Å². The largest absolute Gasteiger partial charge is 0.369 e. The van der Waals surface area contributed by atoms with Gasteiger partial charge in [-0.2, -0.15) is 0 Å². The Kier molecular flexibility index (Phi) is 5.12. The molecule has 0 spiro atoms. The van der Waals surface area contributed by atoms with Gasteiger partial charge in [-0.1, -0.05) is 48.5 Å². The third kappa shape index (κ3) is 3.89. The van der Waals surface area contributed by atoms with Crippen LogP contribution in [0, 0.1) is 6.92 Å². The van der Waals surface area contributed by atoms with Gasteiger partial charge in [0.25, 0.3) is 0 Å². The van der Waals surface area contributed by atoms with E-state index in [1.54, 1.807) is 0 Å². The molecule has 1 saturated heterocycles. The number of rotatable bonds is 5. The monoisotopic (exact) mass is 294 g/mol. The van der Waals surface area contributed by atoms with E-state index in [2.05, 4.69) is 71.3 Å². The quantitative estimate of drug-likeness (QED) is 0.828. The molecule has 2 nitrogen and oxygen atoms in total. The Labute approximate surface area is 134 Å². The van der Waals surface area contributed by atoms with Crippen molar-refractivity contribution in [1.82, 2.24) is 4.90 Å². The summed E-state index contributed by atoms with van der Waals surface area (Å²) in [5.74, 6) is 0. The van der Waals surface area contributed by atoms with Crippen LogP contribution in [0.2, 0.25) is 0 Å². The van der Waals surface area contributed by atoms with Crippen molar-refractivity contribution in [2.75, 3.05) is 37.6 Å². The number of aryl methyl sites for hydroxylation is 2. The lowest BCUT2D eigenvalue weighted by Gasteiger charge is -2.36. The summed E-state index contributed by atoms with van der Waals surface area (Å²) >= 11 is 0. The second-order valence-electron chi connectivity index (χ2n) is 6.20. The molecule has 1 heterocycles. The number of para-hydroxylation sites is 1. The van der Waals surface area contributed by atoms with Crippen LogP contribution in [0.1, 0.15) is 17.5 Å². The van der Waals surface area contributed by atoms with Crippen LogP contribution in [-0.2, 0) is 6.42 Å². The SMILES string of the molecule is Cc1ccccc1N1CCN(CCCc2ccccc2)CC1. The van der Waals surface area contributed by atoms with E-state index in [4.69, 9.17) is 0 Å². The van der Waals surface area contributed by atoms with E-state index >= 15 is 0 Å². The van der Waals surface area contributed by atoms with Crippen molar-refractivity contribution in [2.24, 2.45) is 0 Å². The summed E-state index contributed by atoms with van der Waals surface area (Å²) in [5.41, 5.74) is 4.26. The predicted molar refractivity (Wildman–Crippen MR) is 94.6 cm³/mol. The van der Waals surface area contributed by atoms with Crippen molar-refractivity contribution < 1.29 is 0 Å². The zero-order chi connectivity index (χ0) is 15.2. The zero-order valence-corrected chi connectivity index (χ0v) is 13.5. The molecule has 2 aromatic carbocycles. The highest BCUT2D eigenvalue weighted by Crippen LogP contribution is 2.20. The van der Waals surface area contributed by atoms with Crippen molar-refractivity contribution in [3.8, 4) is 0 Å². The molecule has 0 radical (unpaired) electrons. The van der Waals surface area contributed by atoms with E-state index < -0.39 is 0 Å². The molecule has 0 saturated carbocycles. The third-order valence-electron chi connectivity index (χ3n) is 4.61. The first-order chi connectivity index (χ1) is 10.8. The maximum atomic E-state index is 2.61. The number of piperazine rings is 1. The van der Waals surface area contributed by atoms with Crippen LogP contribution in [0.5, 0.6) is 0 Å². The highest BCUT2D eigenvalue weighted by molar-refractivity contribution is 5.53. The van der Waals surface area contributed by atoms with Gasteiger partial charge in [0.05, 0.1) is 0 Å². The summed E-state index contributed by atoms with van der Waals surface area (Å²) in [6, 6.07) is 19.6. The fraction of sp³-hybridized carbons (Fsp3) is 0.400. The van der Waals surface area contributed by atoms with Gasteiger partial charge in [0.1, 0.15) is 0 Å². The van der Waals surface area contributed by atoms with Crippen molar-refractivity contribution in [2.45, 2.75) is 19.8 Å². The summed E-state index contributed by atoms with van der Waals surface area (Å²) in [7, 11) is 0. The van der Waals surface area contributed by atoms with Crippen molar-refractivity contribution in [3.05, 3.63) is 65.7 Å². The van der Waals surface area contributed by atoms with Crippen LogP contribution in [0.4, 0.5) is 5.69 Å². The Balaban J connectivity index is 1.43. The molecule has 0 amide bonds. The molecule has 0 aliphatic carbocycles. The average Bonchev–Trinajstić information content (AvgIpc) is 2.57. The van der Waals surface area contributed by atoms with Crippen molar-refractivity contribution in [3.63, 3.8) is 0 Å². The average molecular weight is 294 g/mol. The molecule has 22 heavy (non-hydrogen) atoms. The minimum Gasteiger partial charge on any atom is -0.369 e. The van der Waals surface area contributed by atoms with E-state index in [0.29, 0.717) is 0 Å². The van der Waals surface area contributed by atoms with Crippen LogP contribution in [-0.4, -0.2) is 37.6 Å². The molecule has 1 aliphatic rings. The Morgan fingerprint density at radius 1 is 0.818 bits per heavy atom. The van der Waals surface area contributed by atoms with Crippen molar-refractivity contribution in [1.29, 1.82) is 0 Å². The summed E-state index contributed by atoms with van der Waals surface area (Å²) in [4.78, 5) is 5.14. The standard InChI is InChI=1S/C20H26N2/c1-18-8-5-6-12-20(18)22-16-14-21(15-17-22)13-7-11-19-9-3-2-4-10-19/h2-6,8-10,12H,7,11,13-17H2,1H3. The van der Waals surface area contributed by atoms with Crippen LogP contribution in [0.3, 0.4) is 0 Å². The van der Waals surface area contributed by atoms with Gasteiger partial charge < -0.3 is 4.90 Å². The first-order valence-electron chi connectivity index (χ1n) is 8.40. The Morgan fingerprint density at radius 2 is 1.50 bits per heavy atom. The van der Waals surface area contributed by atoms with Gasteiger partial charge in [0.15, 0.2) is 0 Å². The van der Waals surface area contributed by atoms with Crippen LogP contribution >= 0.6 is 0 Å². The molecule has 2 aromatic rings. The minimum atomic E-state index is 1.15. The lowest BCUT2D eigenvalue weighted by molar-refractivity contribution is 0.255. The van der Waals surface area contributed by atoms with Gasteiger partial charge in [0.2, 0.25) is 0 Å². The Bertz CT molecular complexity index is 571. The molecule has 0 bridgehead atoms. The highest BCUT2D eigenvalue weighted by atomic mass is 15.3. The summed E-state index contributed by atoms with van der Waals surface area (Å²) in [6.07, 6.45) is 2.45. The lowest BCUT2D eigenvalue weighted by atomic mass is 10.1. The molecule has 3 rings (SSSR count). The maximum Gasteiger partial charge on any atom is 0.0396 e. The van der Waals surface area contributed by atoms with Gasteiger partial charge in [-0.3, -0.25) is 4.90 Å². The van der Waals surface area contributed by atoms with Gasteiger partial charge in [-0.25, -0.2) is 0 Å². The normalized spacial score (nSPS) is 16.0. The summed E-state index contributed by atoms with van der Waals surface area (Å²) in [6.45, 7) is 8.09. The summed E-state index contributed by atoms with van der Waals surface area (Å²) in [5, 5.41) is 0. The first kappa shape index (κ1) is 15.1. The molecule has 0 atom stereocenters. The smallest absolute Gasteiger partial charge is 0.0396 e. The molecule has 116 valence electrons. The fourth-order valence-electron chi connectivity index (χ4n) is 3.28. The number of hydrogen-bond donors (Lipinski definition) is 0. The first-order valence-corrected chi connectivity index (χ1v) is 8.40. The molecule has 0 unspecified atom stereocenters. The third-order valence-corrected chi connectivity index (χ3v) is 4.61. The molecule has 0 aromatic heterocycles. The van der Waals surface area contributed by atoms with Gasteiger partial charge in [0, 0.05) is 31.9 Å². The highest BCUT2D eigenvalue weighted by Gasteiger charge is 2.17. The maximum absolute atomic E-state index is 2.61. The minimum absolute atomic E-state index is 1.15. The number of nitrogens with zero attached hydrogens (tertiary/aromatic N) is 2. The molecule has 0 N–H and O–H groups in total. The Morgan fingerprint density at radius 3 is 2.23 bits per heavy atom. The molecular formula is C20H26N2. The predicted octanol–water partition coefficient (Wildman–Crippen LogP) is 3.75. The Hall–Kier alpha value is -1.80. The molecular weight excluding hydrogens is 268 g/mol. The van der Waals surface area contributed by atoms with E-state index in [0.717, 1.165) is 13.1 Å². The second-order valence-corrected chi connectivity index (χ2v) is 6.20.